The predicted octanol–water partition coefficient (Wildman–Crippen LogP) is 2.54. The Kier molecular flexibility index (Phi) is 7.57. The molecule has 1 atom stereocenters. The third-order valence-electron chi connectivity index (χ3n) is 2.45. The van der Waals surface area contributed by atoms with E-state index < -0.39 is 29.6 Å². The minimum atomic E-state index is -1.02. The van der Waals surface area contributed by atoms with Crippen molar-refractivity contribution in [2.75, 3.05) is 5.75 Å². The summed E-state index contributed by atoms with van der Waals surface area (Å²) in [7, 11) is 0. The summed E-state index contributed by atoms with van der Waals surface area (Å²) in [6, 6.07) is 3.33. The molecule has 8 heteroatoms. The van der Waals surface area contributed by atoms with Crippen molar-refractivity contribution in [1.82, 2.24) is 10.6 Å². The topological polar surface area (TPSA) is 84.5 Å². The number of hydrogen-bond donors (Lipinski definition) is 2. The van der Waals surface area contributed by atoms with Crippen LogP contribution < -0.4 is 10.6 Å². The normalized spacial score (nSPS) is 12.3. The summed E-state index contributed by atoms with van der Waals surface area (Å²) in [5, 5.41) is 6.72. The highest BCUT2D eigenvalue weighted by atomic mass is 32.2. The molecule has 0 aliphatic rings. The molecule has 0 spiro atoms. The molecule has 0 fully saturated rings. The highest BCUT2D eigenvalue weighted by Gasteiger charge is 2.22. The first-order valence-corrected chi connectivity index (χ1v) is 9.13. The number of urea groups is 1. The maximum atomic E-state index is 11.8. The Balaban J connectivity index is 2.27. The quantitative estimate of drug-likeness (QED) is 0.764. The fourth-order valence-corrected chi connectivity index (χ4v) is 3.15. The minimum absolute atomic E-state index is 0.156. The maximum absolute atomic E-state index is 11.8. The van der Waals surface area contributed by atoms with Crippen molar-refractivity contribution >= 4 is 41.0 Å². The van der Waals surface area contributed by atoms with E-state index in [4.69, 9.17) is 4.74 Å². The summed E-state index contributed by atoms with van der Waals surface area (Å²) in [6.45, 7) is 6.82. The maximum Gasteiger partial charge on any atom is 0.321 e. The van der Waals surface area contributed by atoms with Crippen LogP contribution in [0, 0.1) is 0 Å². The van der Waals surface area contributed by atoms with Gasteiger partial charge in [0.25, 0.3) is 5.91 Å². The van der Waals surface area contributed by atoms with Crippen LogP contribution in [0.4, 0.5) is 4.79 Å². The van der Waals surface area contributed by atoms with E-state index >= 15 is 0 Å². The van der Waals surface area contributed by atoms with E-state index in [0.717, 1.165) is 5.75 Å². The number of nitrogens with one attached hydrogen (secondary N) is 2. The van der Waals surface area contributed by atoms with Gasteiger partial charge in [-0.25, -0.2) is 4.79 Å². The average Bonchev–Trinajstić information content (AvgIpc) is 2.89. The first kappa shape index (κ1) is 19.5. The van der Waals surface area contributed by atoms with Gasteiger partial charge in [0, 0.05) is 16.2 Å². The predicted molar refractivity (Wildman–Crippen MR) is 92.5 cm³/mol. The lowest BCUT2D eigenvalue weighted by Crippen LogP contribution is -2.50. The van der Waals surface area contributed by atoms with Crippen LogP contribution >= 0.6 is 23.1 Å². The van der Waals surface area contributed by atoms with Crippen LogP contribution in [0.15, 0.2) is 17.5 Å². The highest BCUT2D eigenvalue weighted by molar-refractivity contribution is 7.99. The zero-order chi connectivity index (χ0) is 17.5. The fourth-order valence-electron chi connectivity index (χ4n) is 1.50. The zero-order valence-corrected chi connectivity index (χ0v) is 15.3. The SMILES string of the molecule is C[C@@H](OC(=O)CSCc1cccs1)C(=O)NC(=O)NC(C)(C)C. The van der Waals surface area contributed by atoms with Crippen LogP contribution in [0.3, 0.4) is 0 Å². The van der Waals surface area contributed by atoms with Crippen LogP contribution in [0.2, 0.25) is 0 Å². The summed E-state index contributed by atoms with van der Waals surface area (Å²) in [6.07, 6.45) is -1.02. The number of hydrogen-bond acceptors (Lipinski definition) is 6. The van der Waals surface area contributed by atoms with Gasteiger partial charge in [-0.2, -0.15) is 0 Å². The van der Waals surface area contributed by atoms with Gasteiger partial charge in [-0.3, -0.25) is 14.9 Å². The molecule has 1 heterocycles. The molecule has 0 aliphatic carbocycles. The molecule has 0 radical (unpaired) electrons. The molecule has 0 aromatic carbocycles. The Bertz CT molecular complexity index is 538. The third-order valence-corrected chi connectivity index (χ3v) is 4.46. The lowest BCUT2D eigenvalue weighted by atomic mass is 10.1. The number of amides is 3. The Morgan fingerprint density at radius 2 is 2.04 bits per heavy atom. The number of imide groups is 1. The van der Waals surface area contributed by atoms with Gasteiger partial charge in [-0.1, -0.05) is 6.07 Å². The van der Waals surface area contributed by atoms with E-state index in [1.807, 2.05) is 17.5 Å². The second-order valence-corrected chi connectivity index (χ2v) is 7.92. The molecule has 23 heavy (non-hydrogen) atoms. The third kappa shape index (κ3) is 8.61. The number of carbonyl (C=O) groups is 3. The number of carbonyl (C=O) groups excluding carboxylic acids is 3. The lowest BCUT2D eigenvalue weighted by molar-refractivity contribution is -0.151. The summed E-state index contributed by atoms with van der Waals surface area (Å²) >= 11 is 3.04. The van der Waals surface area contributed by atoms with Crippen LogP contribution in [0.25, 0.3) is 0 Å². The van der Waals surface area contributed by atoms with Crippen molar-refractivity contribution in [1.29, 1.82) is 0 Å². The molecule has 6 nitrogen and oxygen atoms in total. The molecular weight excluding hydrogens is 336 g/mol. The minimum Gasteiger partial charge on any atom is -0.452 e. The van der Waals surface area contributed by atoms with E-state index in [1.54, 1.807) is 32.1 Å². The Hall–Kier alpha value is -1.54. The average molecular weight is 358 g/mol. The number of thioether (sulfide) groups is 1. The van der Waals surface area contributed by atoms with Crippen LogP contribution in [-0.2, 0) is 20.1 Å². The van der Waals surface area contributed by atoms with Crippen molar-refractivity contribution in [3.63, 3.8) is 0 Å². The molecular formula is C15H22N2O4S2. The molecule has 0 aliphatic heterocycles. The zero-order valence-electron chi connectivity index (χ0n) is 13.7. The standard InChI is InChI=1S/C15H22N2O4S2/c1-10(13(19)16-14(20)17-15(2,3)4)21-12(18)9-22-8-11-6-5-7-23-11/h5-7,10H,8-9H2,1-4H3,(H2,16,17,19,20)/t10-/m1/s1. The number of ether oxygens (including phenoxy) is 1. The van der Waals surface area contributed by atoms with E-state index in [2.05, 4.69) is 10.6 Å². The monoisotopic (exact) mass is 358 g/mol. The summed E-state index contributed by atoms with van der Waals surface area (Å²) in [4.78, 5) is 36.2. The number of esters is 1. The van der Waals surface area contributed by atoms with Gasteiger partial charge < -0.3 is 10.1 Å². The van der Waals surface area contributed by atoms with E-state index in [-0.39, 0.29) is 5.75 Å². The molecule has 1 rings (SSSR count). The van der Waals surface area contributed by atoms with Gasteiger partial charge in [-0.15, -0.1) is 23.1 Å². The summed E-state index contributed by atoms with van der Waals surface area (Å²) < 4.78 is 5.01. The smallest absolute Gasteiger partial charge is 0.321 e. The van der Waals surface area contributed by atoms with Gasteiger partial charge in [-0.05, 0) is 39.1 Å². The Morgan fingerprint density at radius 1 is 1.35 bits per heavy atom. The van der Waals surface area contributed by atoms with Gasteiger partial charge in [0.2, 0.25) is 0 Å². The van der Waals surface area contributed by atoms with Gasteiger partial charge >= 0.3 is 12.0 Å². The molecule has 1 aromatic heterocycles. The van der Waals surface area contributed by atoms with E-state index in [9.17, 15) is 14.4 Å². The Labute approximate surface area is 144 Å². The largest absolute Gasteiger partial charge is 0.452 e. The van der Waals surface area contributed by atoms with E-state index in [0.29, 0.717) is 0 Å². The van der Waals surface area contributed by atoms with Crippen LogP contribution in [0.5, 0.6) is 0 Å². The van der Waals surface area contributed by atoms with Gasteiger partial charge in [0.05, 0.1) is 5.75 Å². The second-order valence-electron chi connectivity index (χ2n) is 5.90. The molecule has 0 saturated carbocycles. The van der Waals surface area contributed by atoms with Crippen molar-refractivity contribution in [2.45, 2.75) is 45.1 Å². The molecule has 2 N–H and O–H groups in total. The number of rotatable bonds is 6. The van der Waals surface area contributed by atoms with Crippen LogP contribution in [-0.4, -0.2) is 35.3 Å². The van der Waals surface area contributed by atoms with Crippen molar-refractivity contribution in [3.05, 3.63) is 22.4 Å². The number of thiophene rings is 1. The van der Waals surface area contributed by atoms with Crippen molar-refractivity contribution < 1.29 is 19.1 Å². The van der Waals surface area contributed by atoms with Gasteiger partial charge in [0.1, 0.15) is 0 Å². The molecule has 1 aromatic rings. The fraction of sp³-hybridized carbons (Fsp3) is 0.533. The summed E-state index contributed by atoms with van der Waals surface area (Å²) in [5.74, 6) is -0.251. The lowest BCUT2D eigenvalue weighted by Gasteiger charge is -2.21. The van der Waals surface area contributed by atoms with Crippen molar-refractivity contribution in [2.24, 2.45) is 0 Å². The van der Waals surface area contributed by atoms with Gasteiger partial charge in [0.15, 0.2) is 6.10 Å². The molecule has 0 saturated heterocycles. The molecule has 0 bridgehead atoms. The molecule has 3 amide bonds. The first-order valence-electron chi connectivity index (χ1n) is 7.10. The van der Waals surface area contributed by atoms with E-state index in [1.165, 1.54) is 23.6 Å². The second kappa shape index (κ2) is 8.93. The first-order chi connectivity index (χ1) is 10.7. The summed E-state index contributed by atoms with van der Waals surface area (Å²) in [5.41, 5.74) is -0.456. The molecule has 128 valence electrons. The molecule has 0 unspecified atom stereocenters. The van der Waals surface area contributed by atoms with Crippen LogP contribution in [0.1, 0.15) is 32.6 Å². The highest BCUT2D eigenvalue weighted by Crippen LogP contribution is 2.17. The van der Waals surface area contributed by atoms with Crippen molar-refractivity contribution in [3.8, 4) is 0 Å². The Morgan fingerprint density at radius 3 is 2.61 bits per heavy atom.